The molecule has 1 aliphatic rings. The monoisotopic (exact) mass is 356 g/mol. The van der Waals surface area contributed by atoms with E-state index in [0.717, 1.165) is 0 Å². The average Bonchev–Trinajstić information content (AvgIpc) is 2.63. The quantitative estimate of drug-likeness (QED) is 0.827. The molecule has 0 saturated heterocycles. The molecule has 0 radical (unpaired) electrons. The van der Waals surface area contributed by atoms with Crippen molar-refractivity contribution in [1.29, 1.82) is 0 Å². The minimum absolute atomic E-state index is 0.176. The Balaban J connectivity index is 1.91. The summed E-state index contributed by atoms with van der Waals surface area (Å²) < 4.78 is 17.0. The fourth-order valence-corrected chi connectivity index (χ4v) is 2.91. The SMILES string of the molecule is CC(=O)O[C@H]1C(=O)CC(O)[C@H](Oc2ccccc2)[C@H]1Oc1ccccc1. The predicted octanol–water partition coefficient (Wildman–Crippen LogP) is 2.15. The van der Waals surface area contributed by atoms with Crippen LogP contribution in [0, 0.1) is 0 Å². The molecule has 4 atom stereocenters. The van der Waals surface area contributed by atoms with Gasteiger partial charge in [-0.1, -0.05) is 36.4 Å². The molecule has 0 spiro atoms. The van der Waals surface area contributed by atoms with Crippen LogP contribution < -0.4 is 9.47 Å². The number of aliphatic hydroxyl groups is 1. The van der Waals surface area contributed by atoms with E-state index in [4.69, 9.17) is 14.2 Å². The highest BCUT2D eigenvalue weighted by Gasteiger charge is 2.49. The zero-order chi connectivity index (χ0) is 18.5. The molecular weight excluding hydrogens is 336 g/mol. The molecular formula is C20H20O6. The van der Waals surface area contributed by atoms with Gasteiger partial charge in [-0.05, 0) is 24.3 Å². The fourth-order valence-electron chi connectivity index (χ4n) is 2.91. The summed E-state index contributed by atoms with van der Waals surface area (Å²) in [6.07, 6.45) is -4.25. The molecule has 136 valence electrons. The van der Waals surface area contributed by atoms with Crippen molar-refractivity contribution >= 4 is 11.8 Å². The van der Waals surface area contributed by atoms with Gasteiger partial charge < -0.3 is 19.3 Å². The second-order valence-corrected chi connectivity index (χ2v) is 6.06. The number of aliphatic hydroxyl groups excluding tert-OH is 1. The maximum Gasteiger partial charge on any atom is 0.303 e. The molecule has 0 aliphatic heterocycles. The van der Waals surface area contributed by atoms with E-state index in [9.17, 15) is 14.7 Å². The highest BCUT2D eigenvalue weighted by molar-refractivity contribution is 5.87. The number of benzene rings is 2. The molecule has 1 saturated carbocycles. The summed E-state index contributed by atoms with van der Waals surface area (Å²) >= 11 is 0. The zero-order valence-electron chi connectivity index (χ0n) is 14.3. The van der Waals surface area contributed by atoms with E-state index in [2.05, 4.69) is 0 Å². The molecule has 0 amide bonds. The van der Waals surface area contributed by atoms with Crippen molar-refractivity contribution in [2.75, 3.05) is 0 Å². The van der Waals surface area contributed by atoms with Gasteiger partial charge in [-0.2, -0.15) is 0 Å². The number of carbonyl (C=O) groups excluding carboxylic acids is 2. The lowest BCUT2D eigenvalue weighted by Crippen LogP contribution is -2.60. The van der Waals surface area contributed by atoms with Crippen LogP contribution in [0.4, 0.5) is 0 Å². The summed E-state index contributed by atoms with van der Waals surface area (Å²) in [6.45, 7) is 1.23. The van der Waals surface area contributed by atoms with Gasteiger partial charge in [0.1, 0.15) is 17.6 Å². The van der Waals surface area contributed by atoms with Crippen LogP contribution in [0.5, 0.6) is 11.5 Å². The summed E-state index contributed by atoms with van der Waals surface area (Å²) in [4.78, 5) is 23.8. The smallest absolute Gasteiger partial charge is 0.303 e. The summed E-state index contributed by atoms with van der Waals surface area (Å²) in [5.41, 5.74) is 0. The van der Waals surface area contributed by atoms with Crippen LogP contribution in [0.2, 0.25) is 0 Å². The lowest BCUT2D eigenvalue weighted by Gasteiger charge is -2.39. The second-order valence-electron chi connectivity index (χ2n) is 6.06. The van der Waals surface area contributed by atoms with Gasteiger partial charge in [0.15, 0.2) is 24.1 Å². The molecule has 6 heteroatoms. The molecule has 0 aromatic heterocycles. The number of hydrogen-bond donors (Lipinski definition) is 1. The van der Waals surface area contributed by atoms with Crippen molar-refractivity contribution in [1.82, 2.24) is 0 Å². The highest BCUT2D eigenvalue weighted by Crippen LogP contribution is 2.28. The van der Waals surface area contributed by atoms with Crippen molar-refractivity contribution in [3.05, 3.63) is 60.7 Å². The summed E-state index contributed by atoms with van der Waals surface area (Å²) in [6, 6.07) is 17.7. The number of rotatable bonds is 5. The number of hydrogen-bond acceptors (Lipinski definition) is 6. The summed E-state index contributed by atoms with van der Waals surface area (Å²) in [7, 11) is 0. The Bertz CT molecular complexity index is 745. The number of Topliss-reactive ketones (excluding diaryl/α,β-unsaturated/α-hetero) is 1. The van der Waals surface area contributed by atoms with Gasteiger partial charge in [-0.15, -0.1) is 0 Å². The first-order chi connectivity index (χ1) is 12.5. The summed E-state index contributed by atoms with van der Waals surface area (Å²) in [5.74, 6) is 0.00811. The predicted molar refractivity (Wildman–Crippen MR) is 92.9 cm³/mol. The Hall–Kier alpha value is -2.86. The maximum atomic E-state index is 12.4. The van der Waals surface area contributed by atoms with Crippen molar-refractivity contribution in [3.63, 3.8) is 0 Å². The third kappa shape index (κ3) is 4.21. The third-order valence-corrected chi connectivity index (χ3v) is 4.05. The molecule has 2 aromatic carbocycles. The van der Waals surface area contributed by atoms with Gasteiger partial charge >= 0.3 is 5.97 Å². The maximum absolute atomic E-state index is 12.4. The number of esters is 1. The first-order valence-corrected chi connectivity index (χ1v) is 8.36. The standard InChI is InChI=1S/C20H20O6/c1-13(21)24-18-16(22)12-17(23)19(25-14-8-4-2-5-9-14)20(18)26-15-10-6-3-7-11-15/h2-11,17-20,23H,12H2,1H3/t17?,18-,19-,20-/m0/s1. The van der Waals surface area contributed by atoms with Gasteiger partial charge in [0.05, 0.1) is 0 Å². The van der Waals surface area contributed by atoms with Crippen molar-refractivity contribution in [2.45, 2.75) is 37.8 Å². The van der Waals surface area contributed by atoms with E-state index in [1.807, 2.05) is 12.1 Å². The van der Waals surface area contributed by atoms with Crippen molar-refractivity contribution in [2.24, 2.45) is 0 Å². The summed E-state index contributed by atoms with van der Waals surface area (Å²) in [5, 5.41) is 10.4. The van der Waals surface area contributed by atoms with Crippen LogP contribution in [-0.2, 0) is 14.3 Å². The van der Waals surface area contributed by atoms with E-state index in [-0.39, 0.29) is 6.42 Å². The van der Waals surface area contributed by atoms with Crippen LogP contribution in [0.15, 0.2) is 60.7 Å². The lowest BCUT2D eigenvalue weighted by molar-refractivity contribution is -0.174. The first kappa shape index (κ1) is 17.9. The number of ketones is 1. The fraction of sp³-hybridized carbons (Fsp3) is 0.300. The average molecular weight is 356 g/mol. The lowest BCUT2D eigenvalue weighted by atomic mass is 9.88. The van der Waals surface area contributed by atoms with Crippen LogP contribution in [0.1, 0.15) is 13.3 Å². The third-order valence-electron chi connectivity index (χ3n) is 4.05. The molecule has 1 unspecified atom stereocenters. The van der Waals surface area contributed by atoms with Gasteiger partial charge in [0.2, 0.25) is 0 Å². The van der Waals surface area contributed by atoms with Gasteiger partial charge in [-0.3, -0.25) is 9.59 Å². The van der Waals surface area contributed by atoms with Crippen LogP contribution in [0.25, 0.3) is 0 Å². The van der Waals surface area contributed by atoms with Crippen LogP contribution in [0.3, 0.4) is 0 Å². The Morgan fingerprint density at radius 1 is 0.923 bits per heavy atom. The Morgan fingerprint density at radius 2 is 1.42 bits per heavy atom. The van der Waals surface area contributed by atoms with Crippen molar-refractivity contribution in [3.8, 4) is 11.5 Å². The minimum atomic E-state index is -1.15. The Labute approximate surface area is 151 Å². The normalized spacial score (nSPS) is 25.4. The molecule has 1 aliphatic carbocycles. The van der Waals surface area contributed by atoms with Crippen molar-refractivity contribution < 1.29 is 28.9 Å². The molecule has 0 bridgehead atoms. The van der Waals surface area contributed by atoms with E-state index >= 15 is 0 Å². The van der Waals surface area contributed by atoms with Gasteiger partial charge in [0, 0.05) is 13.3 Å². The highest BCUT2D eigenvalue weighted by atomic mass is 16.6. The number of carbonyl (C=O) groups is 2. The number of para-hydroxylation sites is 2. The molecule has 3 rings (SSSR count). The van der Waals surface area contributed by atoms with Crippen LogP contribution >= 0.6 is 0 Å². The van der Waals surface area contributed by atoms with Crippen LogP contribution in [-0.4, -0.2) is 41.3 Å². The van der Waals surface area contributed by atoms with E-state index < -0.39 is 36.2 Å². The molecule has 1 fully saturated rings. The number of ether oxygens (including phenoxy) is 3. The zero-order valence-corrected chi connectivity index (χ0v) is 14.3. The molecule has 0 heterocycles. The van der Waals surface area contributed by atoms with E-state index in [0.29, 0.717) is 11.5 Å². The first-order valence-electron chi connectivity index (χ1n) is 8.36. The Kier molecular flexibility index (Phi) is 5.53. The minimum Gasteiger partial charge on any atom is -0.484 e. The molecule has 2 aromatic rings. The molecule has 1 N–H and O–H groups in total. The second kappa shape index (κ2) is 8.01. The molecule has 6 nitrogen and oxygen atoms in total. The molecule has 26 heavy (non-hydrogen) atoms. The largest absolute Gasteiger partial charge is 0.484 e. The van der Waals surface area contributed by atoms with Gasteiger partial charge in [-0.25, -0.2) is 0 Å². The van der Waals surface area contributed by atoms with E-state index in [1.165, 1.54) is 6.92 Å². The Morgan fingerprint density at radius 3 is 1.92 bits per heavy atom. The topological polar surface area (TPSA) is 82.1 Å². The van der Waals surface area contributed by atoms with E-state index in [1.54, 1.807) is 48.5 Å². The van der Waals surface area contributed by atoms with Gasteiger partial charge in [0.25, 0.3) is 0 Å².